The van der Waals surface area contributed by atoms with Crippen LogP contribution < -0.4 is 4.52 Å². The lowest BCUT2D eigenvalue weighted by Crippen LogP contribution is -1.91. The van der Waals surface area contributed by atoms with Crippen LogP contribution in [0, 0.1) is 0 Å². The van der Waals surface area contributed by atoms with Gasteiger partial charge in [0, 0.05) is 0 Å². The third-order valence-electron chi connectivity index (χ3n) is 1.26. The van der Waals surface area contributed by atoms with E-state index in [4.69, 9.17) is 9.05 Å². The highest BCUT2D eigenvalue weighted by molar-refractivity contribution is 8.44. The summed E-state index contributed by atoms with van der Waals surface area (Å²) in [5, 5.41) is 0. The minimum Gasteiger partial charge on any atom is -0.417 e. The van der Waals surface area contributed by atoms with Crippen molar-refractivity contribution in [1.29, 1.82) is 0 Å². The maximum atomic E-state index is 11.4. The van der Waals surface area contributed by atoms with Crippen LogP contribution in [0.25, 0.3) is 0 Å². The Kier molecular flexibility index (Phi) is 3.85. The second-order valence-corrected chi connectivity index (χ2v) is 5.14. The second kappa shape index (κ2) is 4.70. The van der Waals surface area contributed by atoms with E-state index in [-0.39, 0.29) is 0 Å². The molecular formula is C8H11O3PS. The van der Waals surface area contributed by atoms with Crippen molar-refractivity contribution in [2.45, 2.75) is 6.92 Å². The van der Waals surface area contributed by atoms with Gasteiger partial charge in [-0.1, -0.05) is 18.2 Å². The highest BCUT2D eigenvalue weighted by Gasteiger charge is 2.18. The van der Waals surface area contributed by atoms with Gasteiger partial charge in [0.25, 0.3) is 0 Å². The Bertz CT molecular complexity index is 302. The summed E-state index contributed by atoms with van der Waals surface area (Å²) >= 11 is 3.79. The molecule has 13 heavy (non-hydrogen) atoms. The zero-order valence-corrected chi connectivity index (χ0v) is 9.00. The number of para-hydroxylation sites is 1. The predicted molar refractivity (Wildman–Crippen MR) is 55.3 cm³/mol. The maximum Gasteiger partial charge on any atom is 0.437 e. The van der Waals surface area contributed by atoms with Crippen LogP contribution in [0.2, 0.25) is 0 Å². The van der Waals surface area contributed by atoms with Crippen molar-refractivity contribution in [3.8, 4) is 5.75 Å². The summed E-state index contributed by atoms with van der Waals surface area (Å²) in [4.78, 5) is 0. The summed E-state index contributed by atoms with van der Waals surface area (Å²) < 4.78 is 21.3. The van der Waals surface area contributed by atoms with Crippen LogP contribution in [0.5, 0.6) is 5.75 Å². The highest BCUT2D eigenvalue weighted by Crippen LogP contribution is 2.52. The quantitative estimate of drug-likeness (QED) is 0.622. The van der Waals surface area contributed by atoms with Gasteiger partial charge in [-0.15, -0.1) is 0 Å². The molecule has 1 aromatic carbocycles. The molecule has 1 atom stereocenters. The Balaban J connectivity index is 2.64. The molecule has 0 saturated heterocycles. The van der Waals surface area contributed by atoms with Gasteiger partial charge in [-0.05, 0) is 31.3 Å². The van der Waals surface area contributed by atoms with Gasteiger partial charge in [-0.3, -0.25) is 4.52 Å². The lowest BCUT2D eigenvalue weighted by Gasteiger charge is -2.12. The van der Waals surface area contributed by atoms with E-state index in [1.54, 1.807) is 31.2 Å². The average molecular weight is 218 g/mol. The van der Waals surface area contributed by atoms with E-state index in [2.05, 4.69) is 12.2 Å². The molecule has 0 saturated carbocycles. The first-order valence-corrected chi connectivity index (χ1v) is 6.55. The molecule has 72 valence electrons. The highest BCUT2D eigenvalue weighted by atomic mass is 32.7. The van der Waals surface area contributed by atoms with E-state index in [0.29, 0.717) is 12.4 Å². The molecule has 0 bridgehead atoms. The summed E-state index contributed by atoms with van der Waals surface area (Å²) in [6.07, 6.45) is 0. The summed E-state index contributed by atoms with van der Waals surface area (Å²) in [7, 11) is 0. The number of rotatable bonds is 4. The van der Waals surface area contributed by atoms with E-state index in [1.165, 1.54) is 0 Å². The number of thiol groups is 1. The summed E-state index contributed by atoms with van der Waals surface area (Å²) in [5.74, 6) is 0.495. The molecule has 0 N–H and O–H groups in total. The smallest absolute Gasteiger partial charge is 0.417 e. The van der Waals surface area contributed by atoms with Crippen molar-refractivity contribution in [3.05, 3.63) is 30.3 Å². The van der Waals surface area contributed by atoms with Crippen molar-refractivity contribution in [1.82, 2.24) is 0 Å². The maximum absolute atomic E-state index is 11.4. The van der Waals surface area contributed by atoms with E-state index in [9.17, 15) is 4.57 Å². The van der Waals surface area contributed by atoms with E-state index < -0.39 is 6.80 Å². The molecule has 0 aliphatic carbocycles. The lowest BCUT2D eigenvalue weighted by molar-refractivity contribution is 0.296. The molecule has 0 fully saturated rings. The summed E-state index contributed by atoms with van der Waals surface area (Å²) in [6, 6.07) is 8.81. The summed E-state index contributed by atoms with van der Waals surface area (Å²) in [6.45, 7) is -1.17. The van der Waals surface area contributed by atoms with E-state index >= 15 is 0 Å². The van der Waals surface area contributed by atoms with Crippen molar-refractivity contribution in [2.24, 2.45) is 0 Å². The Morgan fingerprint density at radius 2 is 2.00 bits per heavy atom. The molecule has 1 rings (SSSR count). The molecule has 3 nitrogen and oxygen atoms in total. The number of hydrogen-bond acceptors (Lipinski definition) is 3. The predicted octanol–water partition coefficient (Wildman–Crippen LogP) is 3.14. The standard InChI is InChI=1S/C8H11O3PS/c1-2-10-12(9,13)11-8-6-4-3-5-7-8/h3-7H,2H2,1H3,(H,9,13). The van der Waals surface area contributed by atoms with E-state index in [1.807, 2.05) is 6.07 Å². The first kappa shape index (κ1) is 10.6. The van der Waals surface area contributed by atoms with Gasteiger partial charge in [-0.25, -0.2) is 4.57 Å². The number of hydrogen-bond donors (Lipinski definition) is 1. The fraction of sp³-hybridized carbons (Fsp3) is 0.250. The van der Waals surface area contributed by atoms with Crippen LogP contribution in [-0.4, -0.2) is 6.61 Å². The van der Waals surface area contributed by atoms with Crippen LogP contribution in [0.15, 0.2) is 30.3 Å². The third-order valence-corrected chi connectivity index (χ3v) is 2.87. The fourth-order valence-electron chi connectivity index (χ4n) is 0.804. The minimum atomic E-state index is -3.22. The Morgan fingerprint density at radius 1 is 1.38 bits per heavy atom. The fourth-order valence-corrected chi connectivity index (χ4v) is 2.20. The van der Waals surface area contributed by atoms with Gasteiger partial charge < -0.3 is 4.52 Å². The Morgan fingerprint density at radius 3 is 2.54 bits per heavy atom. The molecule has 1 aromatic rings. The van der Waals surface area contributed by atoms with E-state index in [0.717, 1.165) is 0 Å². The van der Waals surface area contributed by atoms with Gasteiger partial charge in [-0.2, -0.15) is 0 Å². The SMILES string of the molecule is CCOP(=O)(S)Oc1ccccc1. The van der Waals surface area contributed by atoms with Crippen LogP contribution in [0.4, 0.5) is 0 Å². The van der Waals surface area contributed by atoms with Gasteiger partial charge in [0.1, 0.15) is 5.75 Å². The molecule has 0 aliphatic heterocycles. The normalized spacial score (nSPS) is 14.9. The lowest BCUT2D eigenvalue weighted by atomic mass is 10.3. The number of benzene rings is 1. The van der Waals surface area contributed by atoms with Gasteiger partial charge in [0.15, 0.2) is 0 Å². The van der Waals surface area contributed by atoms with Crippen LogP contribution >= 0.6 is 19.0 Å². The molecule has 0 spiro atoms. The molecule has 0 heterocycles. The largest absolute Gasteiger partial charge is 0.437 e. The molecular weight excluding hydrogens is 207 g/mol. The Labute approximate surface area is 82.8 Å². The van der Waals surface area contributed by atoms with Crippen molar-refractivity contribution >= 4 is 19.0 Å². The second-order valence-electron chi connectivity index (χ2n) is 2.29. The monoisotopic (exact) mass is 218 g/mol. The van der Waals surface area contributed by atoms with Crippen LogP contribution in [0.3, 0.4) is 0 Å². The summed E-state index contributed by atoms with van der Waals surface area (Å²) in [5.41, 5.74) is 0. The molecule has 1 unspecified atom stereocenters. The van der Waals surface area contributed by atoms with Gasteiger partial charge >= 0.3 is 6.80 Å². The molecule has 0 aliphatic rings. The van der Waals surface area contributed by atoms with Crippen molar-refractivity contribution in [3.63, 3.8) is 0 Å². The van der Waals surface area contributed by atoms with Crippen molar-refractivity contribution < 1.29 is 13.6 Å². The molecule has 0 amide bonds. The zero-order valence-electron chi connectivity index (χ0n) is 7.21. The Hall–Kier alpha value is -0.440. The minimum absolute atomic E-state index is 0.313. The van der Waals surface area contributed by atoms with Gasteiger partial charge in [0.2, 0.25) is 0 Å². The average Bonchev–Trinajstić information content (AvgIpc) is 2.04. The van der Waals surface area contributed by atoms with Crippen LogP contribution in [-0.2, 0) is 9.09 Å². The van der Waals surface area contributed by atoms with Gasteiger partial charge in [0.05, 0.1) is 6.61 Å². The molecule has 5 heteroatoms. The zero-order chi connectivity index (χ0) is 9.73. The topological polar surface area (TPSA) is 35.5 Å². The molecule has 0 aromatic heterocycles. The first-order chi connectivity index (χ1) is 6.14. The third kappa shape index (κ3) is 3.85. The van der Waals surface area contributed by atoms with Crippen molar-refractivity contribution in [2.75, 3.05) is 6.61 Å². The first-order valence-electron chi connectivity index (χ1n) is 3.86. The molecule has 0 radical (unpaired) electrons. The van der Waals surface area contributed by atoms with Crippen LogP contribution in [0.1, 0.15) is 6.92 Å².